The summed E-state index contributed by atoms with van der Waals surface area (Å²) in [7, 11) is 0. The van der Waals surface area contributed by atoms with Gasteiger partial charge in [0.15, 0.2) is 6.10 Å². The van der Waals surface area contributed by atoms with Crippen molar-refractivity contribution < 1.29 is 14.3 Å². The minimum atomic E-state index is -0.798. The SMILES string of the molecule is CCNC(=O)[C@H](C)OC(=O)/C=C/c1ccc(C)cc1Br. The Morgan fingerprint density at radius 1 is 1.45 bits per heavy atom. The average Bonchev–Trinajstić information content (AvgIpc) is 2.37. The van der Waals surface area contributed by atoms with Crippen molar-refractivity contribution in [3.8, 4) is 0 Å². The van der Waals surface area contributed by atoms with E-state index in [1.807, 2.05) is 25.1 Å². The van der Waals surface area contributed by atoms with E-state index in [9.17, 15) is 9.59 Å². The highest BCUT2D eigenvalue weighted by atomic mass is 79.9. The van der Waals surface area contributed by atoms with Crippen LogP contribution in [0.2, 0.25) is 0 Å². The van der Waals surface area contributed by atoms with Crippen LogP contribution in [-0.2, 0) is 14.3 Å². The zero-order valence-corrected chi connectivity index (χ0v) is 13.4. The third kappa shape index (κ3) is 5.17. The van der Waals surface area contributed by atoms with Gasteiger partial charge in [0.25, 0.3) is 5.91 Å². The summed E-state index contributed by atoms with van der Waals surface area (Å²) in [5, 5.41) is 2.59. The maximum Gasteiger partial charge on any atom is 0.331 e. The molecule has 0 aliphatic heterocycles. The van der Waals surface area contributed by atoms with Crippen molar-refractivity contribution in [3.05, 3.63) is 39.9 Å². The summed E-state index contributed by atoms with van der Waals surface area (Å²) in [6, 6.07) is 5.81. The topological polar surface area (TPSA) is 55.4 Å². The van der Waals surface area contributed by atoms with Crippen molar-refractivity contribution in [1.29, 1.82) is 0 Å². The van der Waals surface area contributed by atoms with Gasteiger partial charge in [-0.2, -0.15) is 0 Å². The highest BCUT2D eigenvalue weighted by Gasteiger charge is 2.15. The second kappa shape index (κ2) is 7.85. The van der Waals surface area contributed by atoms with Crippen LogP contribution in [0.5, 0.6) is 0 Å². The number of carbonyl (C=O) groups is 2. The van der Waals surface area contributed by atoms with Gasteiger partial charge in [0.05, 0.1) is 0 Å². The van der Waals surface area contributed by atoms with Gasteiger partial charge in [-0.05, 0) is 44.0 Å². The van der Waals surface area contributed by atoms with Crippen molar-refractivity contribution >= 4 is 33.9 Å². The lowest BCUT2D eigenvalue weighted by Crippen LogP contribution is -2.35. The van der Waals surface area contributed by atoms with Crippen LogP contribution < -0.4 is 5.32 Å². The molecule has 1 aromatic rings. The molecule has 0 aliphatic carbocycles. The summed E-state index contributed by atoms with van der Waals surface area (Å²) in [5.74, 6) is -0.845. The Hall–Kier alpha value is -1.62. The molecule has 0 heterocycles. The predicted molar refractivity (Wildman–Crippen MR) is 82.2 cm³/mol. The number of ether oxygens (including phenoxy) is 1. The second-order valence-corrected chi connectivity index (χ2v) is 5.19. The fourth-order valence-corrected chi connectivity index (χ4v) is 2.14. The molecule has 0 radical (unpaired) electrons. The molecule has 5 heteroatoms. The number of benzene rings is 1. The number of amides is 1. The quantitative estimate of drug-likeness (QED) is 0.662. The fraction of sp³-hybridized carbons (Fsp3) is 0.333. The molecule has 1 rings (SSSR count). The fourth-order valence-electron chi connectivity index (χ4n) is 1.51. The molecule has 1 aromatic carbocycles. The Balaban J connectivity index is 2.61. The van der Waals surface area contributed by atoms with Crippen molar-refractivity contribution in [2.75, 3.05) is 6.54 Å². The molecule has 0 saturated carbocycles. The molecule has 1 atom stereocenters. The van der Waals surface area contributed by atoms with E-state index in [0.717, 1.165) is 15.6 Å². The molecule has 0 fully saturated rings. The molecule has 1 amide bonds. The average molecular weight is 340 g/mol. The largest absolute Gasteiger partial charge is 0.449 e. The lowest BCUT2D eigenvalue weighted by molar-refractivity contribution is -0.150. The van der Waals surface area contributed by atoms with Crippen LogP contribution in [0, 0.1) is 6.92 Å². The maximum atomic E-state index is 11.6. The van der Waals surface area contributed by atoms with Gasteiger partial charge in [0, 0.05) is 17.1 Å². The summed E-state index contributed by atoms with van der Waals surface area (Å²) >= 11 is 3.42. The van der Waals surface area contributed by atoms with E-state index >= 15 is 0 Å². The molecule has 20 heavy (non-hydrogen) atoms. The molecule has 108 valence electrons. The zero-order chi connectivity index (χ0) is 15.1. The summed E-state index contributed by atoms with van der Waals surface area (Å²) in [4.78, 5) is 23.0. The van der Waals surface area contributed by atoms with Crippen molar-refractivity contribution in [1.82, 2.24) is 5.32 Å². The second-order valence-electron chi connectivity index (χ2n) is 4.33. The number of nitrogens with one attached hydrogen (secondary N) is 1. The third-order valence-corrected chi connectivity index (χ3v) is 3.25. The van der Waals surface area contributed by atoms with Gasteiger partial charge in [0.1, 0.15) is 0 Å². The highest BCUT2D eigenvalue weighted by Crippen LogP contribution is 2.19. The van der Waals surface area contributed by atoms with Crippen LogP contribution in [0.3, 0.4) is 0 Å². The summed E-state index contributed by atoms with van der Waals surface area (Å²) in [6.45, 7) is 5.84. The first-order valence-corrected chi connectivity index (χ1v) is 7.16. The molecule has 0 unspecified atom stereocenters. The molecule has 0 spiro atoms. The zero-order valence-electron chi connectivity index (χ0n) is 11.8. The van der Waals surface area contributed by atoms with Crippen LogP contribution in [0.25, 0.3) is 6.08 Å². The number of hydrogen-bond donors (Lipinski definition) is 1. The molecular weight excluding hydrogens is 322 g/mol. The number of rotatable bonds is 5. The van der Waals surface area contributed by atoms with E-state index in [4.69, 9.17) is 4.74 Å². The maximum absolute atomic E-state index is 11.6. The van der Waals surface area contributed by atoms with Crippen LogP contribution in [0.15, 0.2) is 28.7 Å². The standard InChI is InChI=1S/C15H18BrNO3/c1-4-17-15(19)11(3)20-14(18)8-7-12-6-5-10(2)9-13(12)16/h5-9,11H,4H2,1-3H3,(H,17,19)/b8-7+/t11-/m0/s1. The summed E-state index contributed by atoms with van der Waals surface area (Å²) in [5.41, 5.74) is 2.00. The van der Waals surface area contributed by atoms with Crippen molar-refractivity contribution in [3.63, 3.8) is 0 Å². The lowest BCUT2D eigenvalue weighted by atomic mass is 10.1. The van der Waals surface area contributed by atoms with E-state index in [0.29, 0.717) is 6.54 Å². The number of aryl methyl sites for hydroxylation is 1. The van der Waals surface area contributed by atoms with Crippen LogP contribution >= 0.6 is 15.9 Å². The molecular formula is C15H18BrNO3. The summed E-state index contributed by atoms with van der Waals surface area (Å²) < 4.78 is 5.90. The lowest BCUT2D eigenvalue weighted by Gasteiger charge is -2.10. The van der Waals surface area contributed by atoms with Gasteiger partial charge in [0.2, 0.25) is 0 Å². The van der Waals surface area contributed by atoms with Crippen LogP contribution in [-0.4, -0.2) is 24.5 Å². The Morgan fingerprint density at radius 3 is 2.75 bits per heavy atom. The first-order valence-electron chi connectivity index (χ1n) is 6.36. The molecule has 1 N–H and O–H groups in total. The number of halogens is 1. The van der Waals surface area contributed by atoms with E-state index in [2.05, 4.69) is 21.2 Å². The highest BCUT2D eigenvalue weighted by molar-refractivity contribution is 9.10. The van der Waals surface area contributed by atoms with E-state index in [1.54, 1.807) is 19.9 Å². The first kappa shape index (κ1) is 16.4. The number of esters is 1. The Morgan fingerprint density at radius 2 is 2.15 bits per heavy atom. The van der Waals surface area contributed by atoms with Gasteiger partial charge in [-0.25, -0.2) is 4.79 Å². The van der Waals surface area contributed by atoms with Crippen LogP contribution in [0.4, 0.5) is 0 Å². The van der Waals surface area contributed by atoms with Gasteiger partial charge < -0.3 is 10.1 Å². The number of likely N-dealkylation sites (N-methyl/N-ethyl adjacent to an activating group) is 1. The first-order chi connectivity index (χ1) is 9.43. The molecule has 4 nitrogen and oxygen atoms in total. The minimum absolute atomic E-state index is 0.300. The van der Waals surface area contributed by atoms with E-state index < -0.39 is 12.1 Å². The Bertz CT molecular complexity index is 526. The number of carbonyl (C=O) groups excluding carboxylic acids is 2. The van der Waals surface area contributed by atoms with Gasteiger partial charge in [-0.15, -0.1) is 0 Å². The van der Waals surface area contributed by atoms with E-state index in [-0.39, 0.29) is 5.91 Å². The summed E-state index contributed by atoms with van der Waals surface area (Å²) in [6.07, 6.45) is 2.16. The van der Waals surface area contributed by atoms with Gasteiger partial charge in [-0.3, -0.25) is 4.79 Å². The van der Waals surface area contributed by atoms with Gasteiger partial charge in [-0.1, -0.05) is 28.1 Å². The normalized spacial score (nSPS) is 12.2. The third-order valence-electron chi connectivity index (χ3n) is 2.57. The monoisotopic (exact) mass is 339 g/mol. The molecule has 0 bridgehead atoms. The molecule has 0 aromatic heterocycles. The molecule has 0 saturated heterocycles. The van der Waals surface area contributed by atoms with Gasteiger partial charge >= 0.3 is 5.97 Å². The Kier molecular flexibility index (Phi) is 6.45. The van der Waals surface area contributed by atoms with Crippen LogP contribution in [0.1, 0.15) is 25.0 Å². The smallest absolute Gasteiger partial charge is 0.331 e. The predicted octanol–water partition coefficient (Wildman–Crippen LogP) is 2.84. The van der Waals surface area contributed by atoms with Crippen molar-refractivity contribution in [2.45, 2.75) is 26.9 Å². The Labute approximate surface area is 127 Å². The molecule has 0 aliphatic rings. The number of hydrogen-bond acceptors (Lipinski definition) is 3. The van der Waals surface area contributed by atoms with Crippen molar-refractivity contribution in [2.24, 2.45) is 0 Å². The van der Waals surface area contributed by atoms with E-state index in [1.165, 1.54) is 6.08 Å². The minimum Gasteiger partial charge on any atom is -0.449 e.